The summed E-state index contributed by atoms with van der Waals surface area (Å²) in [5, 5.41) is 0. The van der Waals surface area contributed by atoms with Crippen LogP contribution in [0.4, 0.5) is 0 Å². The van der Waals surface area contributed by atoms with E-state index in [-0.39, 0.29) is 0 Å². The lowest BCUT2D eigenvalue weighted by Gasteiger charge is -2.20. The monoisotopic (exact) mass is 404 g/mol. The maximum Gasteiger partial charge on any atom is 0.290 e. The van der Waals surface area contributed by atoms with E-state index in [1.807, 2.05) is 91.0 Å². The molecule has 0 fully saturated rings. The number of halogens is 1. The standard InChI is InChI=1S/C20H19ClO3P2/c21-25(22-18-10-4-1-5-11-18)16-17-26(23-19-12-6-2-7-13-19)24-20-14-8-3-9-15-20/h1-15H,16-17H2. The summed E-state index contributed by atoms with van der Waals surface area (Å²) in [6.45, 7) is 0. The van der Waals surface area contributed by atoms with Crippen molar-refractivity contribution >= 4 is 27.1 Å². The fourth-order valence-corrected chi connectivity index (χ4v) is 5.69. The summed E-state index contributed by atoms with van der Waals surface area (Å²) in [5.41, 5.74) is 0. The SMILES string of the molecule is ClP(CCP(Oc1ccccc1)Oc1ccccc1)Oc1ccccc1. The molecule has 0 saturated carbocycles. The summed E-state index contributed by atoms with van der Waals surface area (Å²) in [6, 6.07) is 29.0. The largest absolute Gasteiger partial charge is 0.458 e. The molecule has 0 amide bonds. The van der Waals surface area contributed by atoms with Gasteiger partial charge in [0.2, 0.25) is 0 Å². The van der Waals surface area contributed by atoms with E-state index >= 15 is 0 Å². The van der Waals surface area contributed by atoms with E-state index in [9.17, 15) is 0 Å². The number of benzene rings is 3. The molecule has 1 unspecified atom stereocenters. The molecule has 134 valence electrons. The van der Waals surface area contributed by atoms with Crippen LogP contribution >= 0.6 is 27.1 Å². The Morgan fingerprint density at radius 3 is 1.35 bits per heavy atom. The first-order valence-electron chi connectivity index (χ1n) is 8.19. The quantitative estimate of drug-likeness (QED) is 0.356. The van der Waals surface area contributed by atoms with Crippen LogP contribution in [0.3, 0.4) is 0 Å². The van der Waals surface area contributed by atoms with Crippen molar-refractivity contribution in [2.45, 2.75) is 0 Å². The smallest absolute Gasteiger partial charge is 0.290 e. The molecular formula is C20H19ClO3P2. The zero-order chi connectivity index (χ0) is 18.0. The molecule has 3 rings (SSSR count). The van der Waals surface area contributed by atoms with Crippen molar-refractivity contribution in [2.75, 3.05) is 12.3 Å². The van der Waals surface area contributed by atoms with Crippen molar-refractivity contribution < 1.29 is 13.6 Å². The highest BCUT2D eigenvalue weighted by molar-refractivity contribution is 7.80. The summed E-state index contributed by atoms with van der Waals surface area (Å²) >= 11 is 6.41. The molecule has 0 aliphatic rings. The van der Waals surface area contributed by atoms with Gasteiger partial charge in [0.15, 0.2) is 7.50 Å². The second-order valence-corrected chi connectivity index (χ2v) is 9.18. The Morgan fingerprint density at radius 1 is 0.538 bits per heavy atom. The second kappa shape index (κ2) is 10.4. The van der Waals surface area contributed by atoms with Crippen LogP contribution in [0.1, 0.15) is 0 Å². The molecule has 0 aliphatic heterocycles. The zero-order valence-electron chi connectivity index (χ0n) is 14.1. The summed E-state index contributed by atoms with van der Waals surface area (Å²) < 4.78 is 17.9. The van der Waals surface area contributed by atoms with Gasteiger partial charge in [-0.2, -0.15) is 0 Å². The summed E-state index contributed by atoms with van der Waals surface area (Å²) in [4.78, 5) is 0. The van der Waals surface area contributed by atoms with Gasteiger partial charge in [0, 0.05) is 12.3 Å². The Labute approximate surface area is 161 Å². The highest BCUT2D eigenvalue weighted by Crippen LogP contribution is 2.48. The molecule has 1 atom stereocenters. The molecular weight excluding hydrogens is 386 g/mol. The van der Waals surface area contributed by atoms with Gasteiger partial charge in [-0.3, -0.25) is 0 Å². The lowest BCUT2D eigenvalue weighted by atomic mass is 10.3. The normalized spacial score (nSPS) is 11.8. The van der Waals surface area contributed by atoms with Crippen LogP contribution < -0.4 is 13.6 Å². The molecule has 0 aromatic heterocycles. The molecule has 3 aromatic rings. The Hall–Kier alpha value is -1.79. The molecule has 3 aromatic carbocycles. The van der Waals surface area contributed by atoms with Crippen molar-refractivity contribution in [3.8, 4) is 17.2 Å². The molecule has 0 N–H and O–H groups in total. The van der Waals surface area contributed by atoms with E-state index in [1.54, 1.807) is 0 Å². The minimum Gasteiger partial charge on any atom is -0.458 e. The third-order valence-corrected chi connectivity index (χ3v) is 6.78. The fourth-order valence-electron chi connectivity index (χ4n) is 2.11. The van der Waals surface area contributed by atoms with Crippen LogP contribution in [0.5, 0.6) is 17.2 Å². The van der Waals surface area contributed by atoms with Crippen molar-refractivity contribution in [3.63, 3.8) is 0 Å². The van der Waals surface area contributed by atoms with Gasteiger partial charge >= 0.3 is 0 Å². The first kappa shape index (κ1) is 19.0. The predicted octanol–water partition coefficient (Wildman–Crippen LogP) is 7.09. The summed E-state index contributed by atoms with van der Waals surface area (Å²) in [5.74, 6) is 2.36. The maximum atomic E-state index is 6.41. The lowest BCUT2D eigenvalue weighted by Crippen LogP contribution is -2.03. The van der Waals surface area contributed by atoms with Crippen LogP contribution in [-0.4, -0.2) is 12.3 Å². The van der Waals surface area contributed by atoms with Gasteiger partial charge in [0.1, 0.15) is 17.2 Å². The molecule has 0 saturated heterocycles. The van der Waals surface area contributed by atoms with Crippen LogP contribution in [0.15, 0.2) is 91.0 Å². The minimum absolute atomic E-state index is 0.678. The van der Waals surface area contributed by atoms with Gasteiger partial charge in [-0.1, -0.05) is 54.6 Å². The van der Waals surface area contributed by atoms with Crippen LogP contribution in [-0.2, 0) is 0 Å². The Bertz CT molecular complexity index is 718. The van der Waals surface area contributed by atoms with Gasteiger partial charge < -0.3 is 13.6 Å². The lowest BCUT2D eigenvalue weighted by molar-refractivity contribution is 0.491. The summed E-state index contributed by atoms with van der Waals surface area (Å²) in [7, 11) is -2.28. The van der Waals surface area contributed by atoms with E-state index in [2.05, 4.69) is 0 Å². The van der Waals surface area contributed by atoms with Gasteiger partial charge in [0.05, 0.1) is 0 Å². The van der Waals surface area contributed by atoms with E-state index in [0.717, 1.165) is 17.2 Å². The third-order valence-electron chi connectivity index (χ3n) is 3.31. The summed E-state index contributed by atoms with van der Waals surface area (Å²) in [6.07, 6.45) is 1.36. The van der Waals surface area contributed by atoms with Crippen LogP contribution in [0.25, 0.3) is 0 Å². The van der Waals surface area contributed by atoms with E-state index in [4.69, 9.17) is 24.8 Å². The molecule has 0 heterocycles. The van der Waals surface area contributed by atoms with Gasteiger partial charge in [-0.05, 0) is 47.6 Å². The van der Waals surface area contributed by atoms with Gasteiger partial charge in [-0.15, -0.1) is 0 Å². The molecule has 0 spiro atoms. The number of hydrogen-bond acceptors (Lipinski definition) is 3. The Kier molecular flexibility index (Phi) is 7.58. The van der Waals surface area contributed by atoms with Crippen molar-refractivity contribution in [3.05, 3.63) is 91.0 Å². The zero-order valence-corrected chi connectivity index (χ0v) is 16.6. The Morgan fingerprint density at radius 2 is 0.923 bits per heavy atom. The van der Waals surface area contributed by atoms with Crippen LogP contribution in [0.2, 0.25) is 0 Å². The van der Waals surface area contributed by atoms with Crippen molar-refractivity contribution in [1.82, 2.24) is 0 Å². The molecule has 0 radical (unpaired) electrons. The van der Waals surface area contributed by atoms with E-state index < -0.39 is 15.9 Å². The molecule has 26 heavy (non-hydrogen) atoms. The Balaban J connectivity index is 1.59. The highest BCUT2D eigenvalue weighted by atomic mass is 35.7. The first-order valence-corrected chi connectivity index (χ1v) is 11.9. The molecule has 3 nitrogen and oxygen atoms in total. The third kappa shape index (κ3) is 6.50. The predicted molar refractivity (Wildman–Crippen MR) is 111 cm³/mol. The van der Waals surface area contributed by atoms with Gasteiger partial charge in [-0.25, -0.2) is 0 Å². The van der Waals surface area contributed by atoms with E-state index in [0.29, 0.717) is 12.3 Å². The van der Waals surface area contributed by atoms with E-state index in [1.165, 1.54) is 0 Å². The van der Waals surface area contributed by atoms with Crippen LogP contribution in [0, 0.1) is 0 Å². The topological polar surface area (TPSA) is 27.7 Å². The van der Waals surface area contributed by atoms with Crippen molar-refractivity contribution in [2.24, 2.45) is 0 Å². The molecule has 6 heteroatoms. The number of para-hydroxylation sites is 3. The minimum atomic E-state index is -1.17. The molecule has 0 bridgehead atoms. The van der Waals surface area contributed by atoms with Gasteiger partial charge in [0.25, 0.3) is 8.38 Å². The highest BCUT2D eigenvalue weighted by Gasteiger charge is 2.19. The first-order chi connectivity index (χ1) is 12.8. The fraction of sp³-hybridized carbons (Fsp3) is 0.100. The average molecular weight is 405 g/mol. The maximum absolute atomic E-state index is 6.41. The number of rotatable bonds is 9. The number of hydrogen-bond donors (Lipinski definition) is 0. The molecule has 0 aliphatic carbocycles. The van der Waals surface area contributed by atoms with Crippen molar-refractivity contribution in [1.29, 1.82) is 0 Å². The average Bonchev–Trinajstić information content (AvgIpc) is 2.68. The second-order valence-electron chi connectivity index (χ2n) is 5.31.